The molecule has 0 spiro atoms. The maximum absolute atomic E-state index is 13.7. The first-order valence-corrected chi connectivity index (χ1v) is 13.9. The molecular formula is C32H32ClN3O2. The lowest BCUT2D eigenvalue weighted by atomic mass is 9.95. The molecule has 0 atom stereocenters. The number of hydrogen-bond donors (Lipinski definition) is 1. The predicted octanol–water partition coefficient (Wildman–Crippen LogP) is 5.73. The van der Waals surface area contributed by atoms with Crippen LogP contribution in [0.4, 0.5) is 0 Å². The van der Waals surface area contributed by atoms with Crippen LogP contribution in [0.5, 0.6) is 0 Å². The van der Waals surface area contributed by atoms with Crippen molar-refractivity contribution in [1.82, 2.24) is 14.8 Å². The van der Waals surface area contributed by atoms with Crippen molar-refractivity contribution in [2.75, 3.05) is 19.6 Å². The zero-order valence-corrected chi connectivity index (χ0v) is 22.2. The Kier molecular flexibility index (Phi) is 6.94. The number of para-hydroxylation sites is 1. The molecule has 194 valence electrons. The largest absolute Gasteiger partial charge is 0.356 e. The maximum Gasteiger partial charge on any atom is 0.270 e. The molecule has 0 unspecified atom stereocenters. The van der Waals surface area contributed by atoms with Gasteiger partial charge < -0.3 is 14.8 Å². The van der Waals surface area contributed by atoms with Gasteiger partial charge in [-0.05, 0) is 72.6 Å². The standard InChI is InChI=1S/C32H32ClN3O2/c33-28-11-9-22(10-12-28)21-36-29-8-4-3-7-27(29)19-30(36)32(38)35-15-13-24(14-16-35)31(37)34-20-23-17-25-5-1-2-6-26(25)18-23/h1-12,19,23-24H,13-18,20-21H2,(H,34,37). The number of aromatic nitrogens is 1. The minimum atomic E-state index is -0.0391. The highest BCUT2D eigenvalue weighted by Crippen LogP contribution is 2.27. The topological polar surface area (TPSA) is 54.3 Å². The number of nitrogens with zero attached hydrogens (tertiary/aromatic N) is 2. The summed E-state index contributed by atoms with van der Waals surface area (Å²) in [6.07, 6.45) is 3.46. The van der Waals surface area contributed by atoms with Gasteiger partial charge in [-0.25, -0.2) is 0 Å². The van der Waals surface area contributed by atoms with Crippen molar-refractivity contribution in [3.63, 3.8) is 0 Å². The monoisotopic (exact) mass is 525 g/mol. The third kappa shape index (κ3) is 5.08. The summed E-state index contributed by atoms with van der Waals surface area (Å²) in [5, 5.41) is 4.95. The fourth-order valence-electron chi connectivity index (χ4n) is 6.02. The van der Waals surface area contributed by atoms with E-state index in [1.165, 1.54) is 11.1 Å². The van der Waals surface area contributed by atoms with Gasteiger partial charge in [0.05, 0.1) is 0 Å². The van der Waals surface area contributed by atoms with E-state index < -0.39 is 0 Å². The summed E-state index contributed by atoms with van der Waals surface area (Å²) >= 11 is 6.08. The van der Waals surface area contributed by atoms with Gasteiger partial charge in [0, 0.05) is 48.0 Å². The maximum atomic E-state index is 13.7. The SMILES string of the molecule is O=C(NCC1Cc2ccccc2C1)C1CCN(C(=O)c2cc3ccccc3n2Cc2ccc(Cl)cc2)CC1. The number of piperidine rings is 1. The molecule has 1 aliphatic carbocycles. The van der Waals surface area contributed by atoms with Gasteiger partial charge in [-0.2, -0.15) is 0 Å². The zero-order valence-electron chi connectivity index (χ0n) is 21.4. The van der Waals surface area contributed by atoms with Crippen LogP contribution in [-0.4, -0.2) is 40.9 Å². The normalized spacial score (nSPS) is 16.1. The smallest absolute Gasteiger partial charge is 0.270 e. The number of fused-ring (bicyclic) bond motifs is 2. The van der Waals surface area contributed by atoms with Crippen molar-refractivity contribution < 1.29 is 9.59 Å². The number of carbonyl (C=O) groups excluding carboxylic acids is 2. The summed E-state index contributed by atoms with van der Waals surface area (Å²) < 4.78 is 2.10. The van der Waals surface area contributed by atoms with E-state index in [1.807, 2.05) is 53.4 Å². The Bertz CT molecular complexity index is 1440. The molecule has 0 saturated carbocycles. The summed E-state index contributed by atoms with van der Waals surface area (Å²) in [4.78, 5) is 28.6. The first-order valence-electron chi connectivity index (χ1n) is 13.5. The first-order chi connectivity index (χ1) is 18.5. The summed E-state index contributed by atoms with van der Waals surface area (Å²) in [5.41, 5.74) is 5.63. The van der Waals surface area contributed by atoms with E-state index in [2.05, 4.69) is 40.2 Å². The Balaban J connectivity index is 1.09. The molecule has 6 rings (SSSR count). The molecule has 0 radical (unpaired) electrons. The predicted molar refractivity (Wildman–Crippen MR) is 151 cm³/mol. The van der Waals surface area contributed by atoms with Gasteiger partial charge in [0.1, 0.15) is 5.69 Å². The quantitative estimate of drug-likeness (QED) is 0.350. The second-order valence-corrected chi connectivity index (χ2v) is 11.1. The fraction of sp³-hybridized carbons (Fsp3) is 0.312. The first kappa shape index (κ1) is 24.7. The number of carbonyl (C=O) groups is 2. The highest BCUT2D eigenvalue weighted by Gasteiger charge is 2.30. The molecular weight excluding hydrogens is 494 g/mol. The summed E-state index contributed by atoms with van der Waals surface area (Å²) in [7, 11) is 0. The van der Waals surface area contributed by atoms with E-state index in [4.69, 9.17) is 11.6 Å². The molecule has 1 aromatic heterocycles. The number of nitrogens with one attached hydrogen (secondary N) is 1. The molecule has 4 aromatic rings. The van der Waals surface area contributed by atoms with Crippen molar-refractivity contribution >= 4 is 34.3 Å². The number of amides is 2. The lowest BCUT2D eigenvalue weighted by Gasteiger charge is -2.32. The van der Waals surface area contributed by atoms with Crippen LogP contribution in [0, 0.1) is 11.8 Å². The van der Waals surface area contributed by atoms with E-state index >= 15 is 0 Å². The average molecular weight is 526 g/mol. The number of hydrogen-bond acceptors (Lipinski definition) is 2. The Morgan fingerprint density at radius 2 is 1.53 bits per heavy atom. The van der Waals surface area contributed by atoms with Crippen molar-refractivity contribution in [1.29, 1.82) is 0 Å². The van der Waals surface area contributed by atoms with Crippen LogP contribution in [0.25, 0.3) is 10.9 Å². The molecule has 5 nitrogen and oxygen atoms in total. The summed E-state index contributed by atoms with van der Waals surface area (Å²) in [6.45, 7) is 2.50. The van der Waals surface area contributed by atoms with Crippen molar-refractivity contribution in [2.45, 2.75) is 32.2 Å². The molecule has 0 bridgehead atoms. The van der Waals surface area contributed by atoms with Crippen molar-refractivity contribution in [3.05, 3.63) is 106 Å². The molecule has 2 aliphatic rings. The molecule has 1 fully saturated rings. The molecule has 3 aromatic carbocycles. The lowest BCUT2D eigenvalue weighted by Crippen LogP contribution is -2.44. The Morgan fingerprint density at radius 1 is 0.868 bits per heavy atom. The van der Waals surface area contributed by atoms with Crippen LogP contribution in [0.15, 0.2) is 78.9 Å². The van der Waals surface area contributed by atoms with Gasteiger partial charge in [0.15, 0.2) is 0 Å². The van der Waals surface area contributed by atoms with Gasteiger partial charge in [0.2, 0.25) is 5.91 Å². The van der Waals surface area contributed by atoms with Gasteiger partial charge in [-0.15, -0.1) is 0 Å². The second-order valence-electron chi connectivity index (χ2n) is 10.7. The minimum absolute atomic E-state index is 0.0257. The summed E-state index contributed by atoms with van der Waals surface area (Å²) in [5.74, 6) is 0.589. The van der Waals surface area contributed by atoms with Crippen molar-refractivity contribution in [3.8, 4) is 0 Å². The molecule has 2 amide bonds. The van der Waals surface area contributed by atoms with E-state index in [1.54, 1.807) is 0 Å². The van der Waals surface area contributed by atoms with E-state index in [9.17, 15) is 9.59 Å². The van der Waals surface area contributed by atoms with E-state index in [-0.39, 0.29) is 17.7 Å². The van der Waals surface area contributed by atoms with Gasteiger partial charge in [0.25, 0.3) is 5.91 Å². The van der Waals surface area contributed by atoms with Crippen LogP contribution >= 0.6 is 11.6 Å². The third-order valence-electron chi connectivity index (χ3n) is 8.14. The van der Waals surface area contributed by atoms with Crippen LogP contribution < -0.4 is 5.32 Å². The number of benzene rings is 3. The van der Waals surface area contributed by atoms with Crippen molar-refractivity contribution in [2.24, 2.45) is 11.8 Å². The van der Waals surface area contributed by atoms with Crippen LogP contribution in [0.1, 0.15) is 40.0 Å². The lowest BCUT2D eigenvalue weighted by molar-refractivity contribution is -0.126. The second kappa shape index (κ2) is 10.7. The number of rotatable bonds is 6. The molecule has 2 heterocycles. The average Bonchev–Trinajstić information content (AvgIpc) is 3.54. The highest BCUT2D eigenvalue weighted by atomic mass is 35.5. The van der Waals surface area contributed by atoms with Gasteiger partial charge >= 0.3 is 0 Å². The molecule has 6 heteroatoms. The minimum Gasteiger partial charge on any atom is -0.356 e. The fourth-order valence-corrected chi connectivity index (χ4v) is 6.15. The van der Waals surface area contributed by atoms with Crippen LogP contribution in [-0.2, 0) is 24.2 Å². The van der Waals surface area contributed by atoms with Crippen LogP contribution in [0.3, 0.4) is 0 Å². The number of halogens is 1. The molecule has 1 N–H and O–H groups in total. The molecule has 1 aliphatic heterocycles. The van der Waals surface area contributed by atoms with E-state index in [0.29, 0.717) is 49.1 Å². The Morgan fingerprint density at radius 3 is 2.24 bits per heavy atom. The van der Waals surface area contributed by atoms with Gasteiger partial charge in [-0.1, -0.05) is 66.2 Å². The zero-order chi connectivity index (χ0) is 26.1. The molecule has 1 saturated heterocycles. The molecule has 38 heavy (non-hydrogen) atoms. The van der Waals surface area contributed by atoms with Crippen LogP contribution in [0.2, 0.25) is 5.02 Å². The third-order valence-corrected chi connectivity index (χ3v) is 8.39. The van der Waals surface area contributed by atoms with E-state index in [0.717, 1.165) is 35.9 Å². The Labute approximate surface area is 228 Å². The van der Waals surface area contributed by atoms with Gasteiger partial charge in [-0.3, -0.25) is 9.59 Å². The highest BCUT2D eigenvalue weighted by molar-refractivity contribution is 6.30. The Hall–Kier alpha value is -3.57. The number of likely N-dealkylation sites (tertiary alicyclic amines) is 1. The summed E-state index contributed by atoms with van der Waals surface area (Å²) in [6, 6.07) is 26.4.